The predicted octanol–water partition coefficient (Wildman–Crippen LogP) is 1.85. The lowest BCUT2D eigenvalue weighted by Gasteiger charge is -2.00. The zero-order chi connectivity index (χ0) is 8.55. The molecule has 0 amide bonds. The molecule has 12 heavy (non-hydrogen) atoms. The van der Waals surface area contributed by atoms with Crippen molar-refractivity contribution < 1.29 is 0 Å². The fourth-order valence-corrected chi connectivity index (χ4v) is 1.35. The number of rotatable bonds is 2. The van der Waals surface area contributed by atoms with Gasteiger partial charge in [-0.25, -0.2) is 0 Å². The molecule has 3 N–H and O–H groups in total. The second kappa shape index (κ2) is 2.63. The number of benzene rings is 1. The number of nitrogens with two attached hydrogens (primary N) is 1. The van der Waals surface area contributed by atoms with Gasteiger partial charge in [0.15, 0.2) is 0 Å². The Morgan fingerprint density at radius 3 is 2.25 bits per heavy atom. The Morgan fingerprint density at radius 2 is 1.83 bits per heavy atom. The number of hydrogen-bond acceptors (Lipinski definition) is 1. The first kappa shape index (κ1) is 7.35. The molecule has 1 aliphatic rings. The van der Waals surface area contributed by atoms with Crippen molar-refractivity contribution in [1.29, 1.82) is 5.41 Å². The highest BCUT2D eigenvalue weighted by Gasteiger charge is 2.22. The highest BCUT2D eigenvalue weighted by Crippen LogP contribution is 2.39. The fourth-order valence-electron chi connectivity index (χ4n) is 1.35. The minimum Gasteiger partial charge on any atom is -0.384 e. The number of hydrogen-bond donors (Lipinski definition) is 2. The molecule has 0 unspecified atom stereocenters. The van der Waals surface area contributed by atoms with E-state index in [0.29, 0.717) is 0 Å². The Hall–Kier alpha value is -1.31. The summed E-state index contributed by atoms with van der Waals surface area (Å²) >= 11 is 0. The van der Waals surface area contributed by atoms with Crippen LogP contribution >= 0.6 is 0 Å². The van der Waals surface area contributed by atoms with Gasteiger partial charge in [0, 0.05) is 5.56 Å². The predicted molar refractivity (Wildman–Crippen MR) is 49.4 cm³/mol. The van der Waals surface area contributed by atoms with Crippen LogP contribution in [0.4, 0.5) is 0 Å². The van der Waals surface area contributed by atoms with E-state index in [1.807, 2.05) is 12.1 Å². The first-order chi connectivity index (χ1) is 5.77. The molecule has 2 nitrogen and oxygen atoms in total. The molecular formula is C10H12N2. The van der Waals surface area contributed by atoms with Crippen LogP contribution in [0.5, 0.6) is 0 Å². The molecule has 0 heterocycles. The molecule has 1 aromatic rings. The first-order valence-corrected chi connectivity index (χ1v) is 4.22. The highest BCUT2D eigenvalue weighted by atomic mass is 14.7. The van der Waals surface area contributed by atoms with Gasteiger partial charge in [0.25, 0.3) is 0 Å². The van der Waals surface area contributed by atoms with Gasteiger partial charge in [0.05, 0.1) is 0 Å². The molecule has 2 rings (SSSR count). The van der Waals surface area contributed by atoms with Crippen LogP contribution < -0.4 is 5.73 Å². The summed E-state index contributed by atoms with van der Waals surface area (Å²) in [4.78, 5) is 0. The SMILES string of the molecule is N=C(N)c1ccc(C2CC2)cc1. The molecular weight excluding hydrogens is 148 g/mol. The quantitative estimate of drug-likeness (QED) is 0.503. The standard InChI is InChI=1S/C10H12N2/c11-10(12)9-5-3-8(4-6-9)7-1-2-7/h3-7H,1-2H2,(H3,11,12). The number of nitrogens with one attached hydrogen (secondary N) is 1. The van der Waals surface area contributed by atoms with E-state index >= 15 is 0 Å². The third-order valence-electron chi connectivity index (χ3n) is 2.27. The van der Waals surface area contributed by atoms with Crippen LogP contribution in [0, 0.1) is 5.41 Å². The zero-order valence-electron chi connectivity index (χ0n) is 6.88. The lowest BCUT2D eigenvalue weighted by molar-refractivity contribution is 1.13. The molecule has 1 fully saturated rings. The van der Waals surface area contributed by atoms with E-state index < -0.39 is 0 Å². The molecule has 0 bridgehead atoms. The van der Waals surface area contributed by atoms with Crippen molar-refractivity contribution in [1.82, 2.24) is 0 Å². The third-order valence-corrected chi connectivity index (χ3v) is 2.27. The van der Waals surface area contributed by atoms with E-state index in [0.717, 1.165) is 11.5 Å². The average Bonchev–Trinajstić information content (AvgIpc) is 2.87. The van der Waals surface area contributed by atoms with E-state index in [9.17, 15) is 0 Å². The summed E-state index contributed by atoms with van der Waals surface area (Å²) in [5.74, 6) is 0.934. The van der Waals surface area contributed by atoms with Crippen molar-refractivity contribution in [3.8, 4) is 0 Å². The third kappa shape index (κ3) is 1.33. The molecule has 0 aromatic heterocycles. The van der Waals surface area contributed by atoms with Gasteiger partial charge in [-0.05, 0) is 24.3 Å². The van der Waals surface area contributed by atoms with Crippen LogP contribution in [0.15, 0.2) is 24.3 Å². The Labute approximate surface area is 71.9 Å². The van der Waals surface area contributed by atoms with Gasteiger partial charge in [0.2, 0.25) is 0 Å². The van der Waals surface area contributed by atoms with Crippen molar-refractivity contribution in [3.05, 3.63) is 35.4 Å². The van der Waals surface area contributed by atoms with Crippen LogP contribution in [-0.4, -0.2) is 5.84 Å². The Bertz CT molecular complexity index is 296. The van der Waals surface area contributed by atoms with Crippen LogP contribution in [0.1, 0.15) is 29.9 Å². The molecule has 2 heteroatoms. The second-order valence-electron chi connectivity index (χ2n) is 3.31. The van der Waals surface area contributed by atoms with E-state index in [-0.39, 0.29) is 5.84 Å². The normalized spacial score (nSPS) is 16.0. The monoisotopic (exact) mass is 160 g/mol. The van der Waals surface area contributed by atoms with Crippen LogP contribution in [0.25, 0.3) is 0 Å². The van der Waals surface area contributed by atoms with Gasteiger partial charge in [-0.15, -0.1) is 0 Å². The summed E-state index contributed by atoms with van der Waals surface area (Å²) in [6.07, 6.45) is 2.64. The maximum atomic E-state index is 7.21. The second-order valence-corrected chi connectivity index (χ2v) is 3.31. The largest absolute Gasteiger partial charge is 0.384 e. The summed E-state index contributed by atoms with van der Waals surface area (Å²) in [6, 6.07) is 8.01. The lowest BCUT2D eigenvalue weighted by atomic mass is 10.1. The Kier molecular flexibility index (Phi) is 1.61. The van der Waals surface area contributed by atoms with Crippen molar-refractivity contribution in [3.63, 3.8) is 0 Å². The lowest BCUT2D eigenvalue weighted by Crippen LogP contribution is -2.10. The highest BCUT2D eigenvalue weighted by molar-refractivity contribution is 5.94. The van der Waals surface area contributed by atoms with Gasteiger partial charge in [0.1, 0.15) is 5.84 Å². The van der Waals surface area contributed by atoms with E-state index in [2.05, 4.69) is 12.1 Å². The molecule has 0 spiro atoms. The Morgan fingerprint density at radius 1 is 1.25 bits per heavy atom. The van der Waals surface area contributed by atoms with Gasteiger partial charge < -0.3 is 5.73 Å². The molecule has 1 aromatic carbocycles. The van der Waals surface area contributed by atoms with Gasteiger partial charge >= 0.3 is 0 Å². The topological polar surface area (TPSA) is 49.9 Å². The van der Waals surface area contributed by atoms with Gasteiger partial charge in [-0.2, -0.15) is 0 Å². The van der Waals surface area contributed by atoms with Crippen LogP contribution in [0.2, 0.25) is 0 Å². The van der Waals surface area contributed by atoms with E-state index in [4.69, 9.17) is 11.1 Å². The van der Waals surface area contributed by atoms with Crippen LogP contribution in [0.3, 0.4) is 0 Å². The zero-order valence-corrected chi connectivity index (χ0v) is 6.88. The summed E-state index contributed by atoms with van der Waals surface area (Å²) in [7, 11) is 0. The number of nitrogen functional groups attached to an aromatic ring is 1. The maximum absolute atomic E-state index is 7.21. The maximum Gasteiger partial charge on any atom is 0.122 e. The van der Waals surface area contributed by atoms with Gasteiger partial charge in [-0.1, -0.05) is 24.3 Å². The average molecular weight is 160 g/mol. The Balaban J connectivity index is 2.24. The smallest absolute Gasteiger partial charge is 0.122 e. The van der Waals surface area contributed by atoms with E-state index in [1.165, 1.54) is 18.4 Å². The summed E-state index contributed by atoms with van der Waals surface area (Å²) < 4.78 is 0. The fraction of sp³-hybridized carbons (Fsp3) is 0.300. The molecule has 1 saturated carbocycles. The summed E-state index contributed by atoms with van der Waals surface area (Å²) in [6.45, 7) is 0. The minimum absolute atomic E-state index is 0.150. The molecule has 0 aliphatic heterocycles. The molecule has 0 atom stereocenters. The van der Waals surface area contributed by atoms with Crippen molar-refractivity contribution in [2.45, 2.75) is 18.8 Å². The van der Waals surface area contributed by atoms with E-state index in [1.54, 1.807) is 0 Å². The minimum atomic E-state index is 0.150. The molecule has 0 saturated heterocycles. The van der Waals surface area contributed by atoms with Crippen LogP contribution in [-0.2, 0) is 0 Å². The number of amidine groups is 1. The van der Waals surface area contributed by atoms with Crippen molar-refractivity contribution in [2.75, 3.05) is 0 Å². The molecule has 0 radical (unpaired) electrons. The van der Waals surface area contributed by atoms with Gasteiger partial charge in [-0.3, -0.25) is 5.41 Å². The summed E-state index contributed by atoms with van der Waals surface area (Å²) in [5.41, 5.74) is 7.55. The molecule has 1 aliphatic carbocycles. The molecule has 62 valence electrons. The first-order valence-electron chi connectivity index (χ1n) is 4.22. The van der Waals surface area contributed by atoms with Crippen molar-refractivity contribution in [2.24, 2.45) is 5.73 Å². The van der Waals surface area contributed by atoms with Crippen molar-refractivity contribution >= 4 is 5.84 Å². The summed E-state index contributed by atoms with van der Waals surface area (Å²) in [5, 5.41) is 7.21.